The van der Waals surface area contributed by atoms with Crippen molar-refractivity contribution < 1.29 is 4.79 Å². The molecular formula is C22H16N2O. The first-order valence-electron chi connectivity index (χ1n) is 8.11. The number of hydrogen-bond donors (Lipinski definition) is 1. The number of aromatic amines is 1. The van der Waals surface area contributed by atoms with E-state index >= 15 is 0 Å². The lowest BCUT2D eigenvalue weighted by atomic mass is 10.00. The van der Waals surface area contributed by atoms with E-state index in [1.807, 2.05) is 78.9 Å². The number of hydrogen-bond acceptors (Lipinski definition) is 2. The Hall–Kier alpha value is -3.46. The van der Waals surface area contributed by atoms with Crippen molar-refractivity contribution in [1.29, 1.82) is 0 Å². The molecule has 25 heavy (non-hydrogen) atoms. The SMILES string of the molecule is O=C(c1ccccc1)c1c(/C=C/c2ccncc2)[nH]c2ccccc12. The van der Waals surface area contributed by atoms with Crippen LogP contribution in [0.1, 0.15) is 27.2 Å². The van der Waals surface area contributed by atoms with E-state index < -0.39 is 0 Å². The zero-order chi connectivity index (χ0) is 17.1. The van der Waals surface area contributed by atoms with Crippen LogP contribution in [0.2, 0.25) is 0 Å². The lowest BCUT2D eigenvalue weighted by Gasteiger charge is -2.02. The van der Waals surface area contributed by atoms with Gasteiger partial charge >= 0.3 is 0 Å². The summed E-state index contributed by atoms with van der Waals surface area (Å²) in [6, 6.07) is 21.1. The van der Waals surface area contributed by atoms with Crippen molar-refractivity contribution in [3.63, 3.8) is 0 Å². The number of carbonyl (C=O) groups excluding carboxylic acids is 1. The average Bonchev–Trinajstić information content (AvgIpc) is 3.05. The standard InChI is InChI=1S/C22H16N2O/c25-22(17-6-2-1-3-7-17)21-18-8-4-5-9-19(18)24-20(21)11-10-16-12-14-23-15-13-16/h1-15,24H/b11-10+. The van der Waals surface area contributed by atoms with Gasteiger partial charge in [-0.3, -0.25) is 9.78 Å². The van der Waals surface area contributed by atoms with Gasteiger partial charge in [0.25, 0.3) is 0 Å². The van der Waals surface area contributed by atoms with Gasteiger partial charge in [-0.2, -0.15) is 0 Å². The summed E-state index contributed by atoms with van der Waals surface area (Å²) in [5.41, 5.74) is 4.19. The third-order valence-corrected chi connectivity index (χ3v) is 4.15. The van der Waals surface area contributed by atoms with E-state index in [2.05, 4.69) is 9.97 Å². The summed E-state index contributed by atoms with van der Waals surface area (Å²) < 4.78 is 0. The molecule has 0 aliphatic heterocycles. The minimum absolute atomic E-state index is 0.0208. The number of para-hydroxylation sites is 1. The fraction of sp³-hybridized carbons (Fsp3) is 0. The van der Waals surface area contributed by atoms with Gasteiger partial charge in [0.1, 0.15) is 0 Å². The Balaban J connectivity index is 1.84. The molecule has 1 N–H and O–H groups in total. The molecule has 2 heterocycles. The number of rotatable bonds is 4. The highest BCUT2D eigenvalue weighted by Gasteiger charge is 2.18. The Bertz CT molecular complexity index is 1050. The van der Waals surface area contributed by atoms with Crippen LogP contribution in [-0.2, 0) is 0 Å². The van der Waals surface area contributed by atoms with Crippen LogP contribution >= 0.6 is 0 Å². The summed E-state index contributed by atoms with van der Waals surface area (Å²) in [5, 5.41) is 0.936. The summed E-state index contributed by atoms with van der Waals surface area (Å²) >= 11 is 0. The van der Waals surface area contributed by atoms with Gasteiger partial charge in [-0.25, -0.2) is 0 Å². The van der Waals surface area contributed by atoms with Crippen molar-refractivity contribution in [1.82, 2.24) is 9.97 Å². The Morgan fingerprint density at radius 1 is 0.840 bits per heavy atom. The van der Waals surface area contributed by atoms with Crippen molar-refractivity contribution >= 4 is 28.8 Å². The molecule has 0 unspecified atom stereocenters. The number of nitrogens with zero attached hydrogens (tertiary/aromatic N) is 1. The van der Waals surface area contributed by atoms with Crippen LogP contribution in [0.15, 0.2) is 79.1 Å². The van der Waals surface area contributed by atoms with Crippen molar-refractivity contribution in [2.24, 2.45) is 0 Å². The molecule has 0 aliphatic rings. The van der Waals surface area contributed by atoms with Crippen LogP contribution < -0.4 is 0 Å². The molecule has 0 fully saturated rings. The summed E-state index contributed by atoms with van der Waals surface area (Å²) in [7, 11) is 0. The van der Waals surface area contributed by atoms with Gasteiger partial charge in [0.05, 0.1) is 11.3 Å². The van der Waals surface area contributed by atoms with E-state index in [9.17, 15) is 4.79 Å². The molecule has 2 aromatic heterocycles. The molecule has 0 bridgehead atoms. The van der Waals surface area contributed by atoms with Gasteiger partial charge < -0.3 is 4.98 Å². The maximum absolute atomic E-state index is 13.1. The van der Waals surface area contributed by atoms with E-state index in [1.54, 1.807) is 12.4 Å². The van der Waals surface area contributed by atoms with Gasteiger partial charge in [0.15, 0.2) is 5.78 Å². The largest absolute Gasteiger partial charge is 0.354 e. The van der Waals surface area contributed by atoms with E-state index in [-0.39, 0.29) is 5.78 Å². The zero-order valence-corrected chi connectivity index (χ0v) is 13.5. The van der Waals surface area contributed by atoms with E-state index in [0.29, 0.717) is 11.1 Å². The molecular weight excluding hydrogens is 308 g/mol. The van der Waals surface area contributed by atoms with Crippen molar-refractivity contribution in [3.05, 3.63) is 102 Å². The van der Waals surface area contributed by atoms with Crippen molar-refractivity contribution in [3.8, 4) is 0 Å². The Morgan fingerprint density at radius 3 is 2.36 bits per heavy atom. The maximum atomic E-state index is 13.1. The lowest BCUT2D eigenvalue weighted by molar-refractivity contribution is 0.104. The number of fused-ring (bicyclic) bond motifs is 1. The molecule has 0 radical (unpaired) electrons. The molecule has 0 aliphatic carbocycles. The van der Waals surface area contributed by atoms with Gasteiger partial charge in [-0.1, -0.05) is 54.6 Å². The first-order valence-corrected chi connectivity index (χ1v) is 8.11. The monoisotopic (exact) mass is 324 g/mol. The number of H-pyrrole nitrogens is 1. The number of ketones is 1. The van der Waals surface area contributed by atoms with Crippen molar-refractivity contribution in [2.45, 2.75) is 0 Å². The number of pyridine rings is 1. The first-order chi connectivity index (χ1) is 12.3. The van der Waals surface area contributed by atoms with Crippen LogP contribution in [-0.4, -0.2) is 15.8 Å². The van der Waals surface area contributed by atoms with Gasteiger partial charge in [-0.05, 0) is 29.8 Å². The molecule has 0 amide bonds. The molecule has 3 nitrogen and oxygen atoms in total. The minimum atomic E-state index is 0.0208. The minimum Gasteiger partial charge on any atom is -0.354 e. The molecule has 0 saturated heterocycles. The predicted molar refractivity (Wildman–Crippen MR) is 101 cm³/mol. The van der Waals surface area contributed by atoms with Gasteiger partial charge in [-0.15, -0.1) is 0 Å². The fourth-order valence-electron chi connectivity index (χ4n) is 2.92. The van der Waals surface area contributed by atoms with Crippen LogP contribution in [0.4, 0.5) is 0 Å². The highest BCUT2D eigenvalue weighted by molar-refractivity contribution is 6.18. The van der Waals surface area contributed by atoms with Crippen LogP contribution in [0.25, 0.3) is 23.1 Å². The normalized spacial score (nSPS) is 11.2. The average molecular weight is 324 g/mol. The Kier molecular flexibility index (Phi) is 3.97. The van der Waals surface area contributed by atoms with Gasteiger partial charge in [0.2, 0.25) is 0 Å². The number of carbonyl (C=O) groups is 1. The highest BCUT2D eigenvalue weighted by atomic mass is 16.1. The first kappa shape index (κ1) is 15.1. The molecule has 0 atom stereocenters. The van der Waals surface area contributed by atoms with Gasteiger partial charge in [0, 0.05) is 28.9 Å². The van der Waals surface area contributed by atoms with Crippen LogP contribution in [0, 0.1) is 0 Å². The summed E-state index contributed by atoms with van der Waals surface area (Å²) in [6.45, 7) is 0. The maximum Gasteiger partial charge on any atom is 0.195 e. The van der Waals surface area contributed by atoms with E-state index in [0.717, 1.165) is 22.2 Å². The molecule has 0 saturated carbocycles. The van der Waals surface area contributed by atoms with Crippen LogP contribution in [0.5, 0.6) is 0 Å². The molecule has 3 heteroatoms. The zero-order valence-electron chi connectivity index (χ0n) is 13.5. The number of benzene rings is 2. The second-order valence-corrected chi connectivity index (χ2v) is 5.77. The Morgan fingerprint density at radius 2 is 1.56 bits per heavy atom. The third-order valence-electron chi connectivity index (χ3n) is 4.15. The second kappa shape index (κ2) is 6.57. The summed E-state index contributed by atoms with van der Waals surface area (Å²) in [4.78, 5) is 20.5. The summed E-state index contributed by atoms with van der Waals surface area (Å²) in [5.74, 6) is 0.0208. The third kappa shape index (κ3) is 3.00. The molecule has 4 aromatic rings. The fourth-order valence-corrected chi connectivity index (χ4v) is 2.92. The molecule has 2 aromatic carbocycles. The van der Waals surface area contributed by atoms with E-state index in [1.165, 1.54) is 0 Å². The smallest absolute Gasteiger partial charge is 0.195 e. The highest BCUT2D eigenvalue weighted by Crippen LogP contribution is 2.26. The lowest BCUT2D eigenvalue weighted by Crippen LogP contribution is -2.02. The van der Waals surface area contributed by atoms with Crippen LogP contribution in [0.3, 0.4) is 0 Å². The molecule has 4 rings (SSSR count). The number of aromatic nitrogens is 2. The van der Waals surface area contributed by atoms with Crippen molar-refractivity contribution in [2.75, 3.05) is 0 Å². The quantitative estimate of drug-likeness (QED) is 0.539. The predicted octanol–water partition coefficient (Wildman–Crippen LogP) is 4.96. The Labute approximate surface area is 145 Å². The topological polar surface area (TPSA) is 45.8 Å². The number of nitrogens with one attached hydrogen (secondary N) is 1. The molecule has 120 valence electrons. The van der Waals surface area contributed by atoms with E-state index in [4.69, 9.17) is 0 Å². The summed E-state index contributed by atoms with van der Waals surface area (Å²) in [6.07, 6.45) is 7.43. The molecule has 0 spiro atoms. The second-order valence-electron chi connectivity index (χ2n) is 5.77.